The lowest BCUT2D eigenvalue weighted by molar-refractivity contribution is -0.131. The number of nitrogens with zero attached hydrogens (tertiary/aromatic N) is 1. The molecule has 0 saturated carbocycles. The Labute approximate surface area is 178 Å². The van der Waals surface area contributed by atoms with Crippen molar-refractivity contribution in [3.8, 4) is 11.5 Å². The molecule has 0 spiro atoms. The second-order valence-electron chi connectivity index (χ2n) is 7.37. The number of hydrogen-bond acceptors (Lipinski definition) is 4. The summed E-state index contributed by atoms with van der Waals surface area (Å²) in [5.41, 5.74) is 3.93. The molecule has 160 valence electrons. The molecule has 0 unspecified atom stereocenters. The van der Waals surface area contributed by atoms with Crippen molar-refractivity contribution in [1.82, 2.24) is 10.2 Å². The SMILES string of the molecule is CCOc1cc2c(cc1OCC)CN(C(=O)CCNC(=O)c1cccc(C)c1)CC2. The summed E-state index contributed by atoms with van der Waals surface area (Å²) in [5.74, 6) is 1.37. The van der Waals surface area contributed by atoms with Crippen LogP contribution in [0.25, 0.3) is 0 Å². The van der Waals surface area contributed by atoms with Crippen LogP contribution < -0.4 is 14.8 Å². The number of carbonyl (C=O) groups is 2. The molecule has 6 nitrogen and oxygen atoms in total. The molecule has 2 amide bonds. The maximum Gasteiger partial charge on any atom is 0.251 e. The summed E-state index contributed by atoms with van der Waals surface area (Å²) in [7, 11) is 0. The van der Waals surface area contributed by atoms with Gasteiger partial charge < -0.3 is 19.7 Å². The third-order valence-corrected chi connectivity index (χ3v) is 5.14. The van der Waals surface area contributed by atoms with Gasteiger partial charge in [0.05, 0.1) is 13.2 Å². The molecule has 6 heteroatoms. The Hall–Kier alpha value is -3.02. The Morgan fingerprint density at radius 3 is 2.40 bits per heavy atom. The minimum absolute atomic E-state index is 0.0389. The van der Waals surface area contributed by atoms with Gasteiger partial charge >= 0.3 is 0 Å². The Kier molecular flexibility index (Phi) is 7.33. The highest BCUT2D eigenvalue weighted by atomic mass is 16.5. The summed E-state index contributed by atoms with van der Waals surface area (Å²) in [6.45, 7) is 8.51. The molecule has 30 heavy (non-hydrogen) atoms. The molecule has 1 aliphatic rings. The molecule has 2 aromatic carbocycles. The van der Waals surface area contributed by atoms with Crippen LogP contribution in [-0.4, -0.2) is 43.0 Å². The van der Waals surface area contributed by atoms with Crippen LogP contribution in [0, 0.1) is 6.92 Å². The minimum atomic E-state index is -0.153. The molecule has 0 saturated heterocycles. The van der Waals surface area contributed by atoms with Crippen molar-refractivity contribution in [3.05, 3.63) is 58.7 Å². The Morgan fingerprint density at radius 2 is 1.73 bits per heavy atom. The van der Waals surface area contributed by atoms with E-state index in [1.807, 2.05) is 56.0 Å². The lowest BCUT2D eigenvalue weighted by Gasteiger charge is -2.30. The highest BCUT2D eigenvalue weighted by Gasteiger charge is 2.23. The van der Waals surface area contributed by atoms with Gasteiger partial charge in [0.1, 0.15) is 0 Å². The van der Waals surface area contributed by atoms with E-state index in [9.17, 15) is 9.59 Å². The number of ether oxygens (including phenoxy) is 2. The molecule has 2 aromatic rings. The number of carbonyl (C=O) groups excluding carboxylic acids is 2. The van der Waals surface area contributed by atoms with Crippen LogP contribution in [0.15, 0.2) is 36.4 Å². The maximum absolute atomic E-state index is 12.7. The first kappa shape index (κ1) is 21.7. The predicted molar refractivity (Wildman–Crippen MR) is 116 cm³/mol. The van der Waals surface area contributed by atoms with Crippen molar-refractivity contribution in [1.29, 1.82) is 0 Å². The Balaban J connectivity index is 1.57. The van der Waals surface area contributed by atoms with Crippen LogP contribution in [0.5, 0.6) is 11.5 Å². The fraction of sp³-hybridized carbons (Fsp3) is 0.417. The molecular weight excluding hydrogens is 380 g/mol. The topological polar surface area (TPSA) is 67.9 Å². The molecule has 0 aliphatic carbocycles. The first-order valence-electron chi connectivity index (χ1n) is 10.6. The number of benzene rings is 2. The summed E-state index contributed by atoms with van der Waals surface area (Å²) >= 11 is 0. The average molecular weight is 411 g/mol. The number of aryl methyl sites for hydroxylation is 1. The van der Waals surface area contributed by atoms with Gasteiger partial charge in [0, 0.05) is 31.6 Å². The predicted octanol–water partition coefficient (Wildman–Crippen LogP) is 3.50. The van der Waals surface area contributed by atoms with Crippen LogP contribution >= 0.6 is 0 Å². The lowest BCUT2D eigenvalue weighted by atomic mass is 9.98. The average Bonchev–Trinajstić information content (AvgIpc) is 2.74. The maximum atomic E-state index is 12.7. The van der Waals surface area contributed by atoms with Crippen molar-refractivity contribution in [3.63, 3.8) is 0 Å². The second kappa shape index (κ2) is 10.1. The van der Waals surface area contributed by atoms with Gasteiger partial charge in [0.25, 0.3) is 5.91 Å². The first-order chi connectivity index (χ1) is 14.5. The zero-order chi connectivity index (χ0) is 21.5. The summed E-state index contributed by atoms with van der Waals surface area (Å²) in [4.78, 5) is 26.8. The zero-order valence-corrected chi connectivity index (χ0v) is 18.0. The summed E-state index contributed by atoms with van der Waals surface area (Å²) < 4.78 is 11.4. The monoisotopic (exact) mass is 410 g/mol. The number of rotatable bonds is 8. The van der Waals surface area contributed by atoms with Gasteiger partial charge in [0.15, 0.2) is 11.5 Å². The summed E-state index contributed by atoms with van der Waals surface area (Å²) in [5, 5.41) is 2.84. The van der Waals surface area contributed by atoms with E-state index in [2.05, 4.69) is 5.32 Å². The van der Waals surface area contributed by atoms with Crippen molar-refractivity contribution < 1.29 is 19.1 Å². The van der Waals surface area contributed by atoms with Crippen LogP contribution in [0.3, 0.4) is 0 Å². The van der Waals surface area contributed by atoms with Gasteiger partial charge in [-0.2, -0.15) is 0 Å². The van der Waals surface area contributed by atoms with E-state index < -0.39 is 0 Å². The minimum Gasteiger partial charge on any atom is -0.490 e. The molecule has 0 radical (unpaired) electrons. The fourth-order valence-electron chi connectivity index (χ4n) is 3.64. The Morgan fingerprint density at radius 1 is 1.03 bits per heavy atom. The number of fused-ring (bicyclic) bond motifs is 1. The van der Waals surface area contributed by atoms with E-state index in [1.54, 1.807) is 6.07 Å². The van der Waals surface area contributed by atoms with Crippen LogP contribution in [0.2, 0.25) is 0 Å². The van der Waals surface area contributed by atoms with E-state index in [4.69, 9.17) is 9.47 Å². The van der Waals surface area contributed by atoms with Crippen molar-refractivity contribution >= 4 is 11.8 Å². The number of nitrogens with one attached hydrogen (secondary N) is 1. The molecule has 0 fully saturated rings. The van der Waals surface area contributed by atoms with Crippen molar-refractivity contribution in [2.75, 3.05) is 26.3 Å². The smallest absolute Gasteiger partial charge is 0.251 e. The van der Waals surface area contributed by atoms with Gasteiger partial charge in [-0.25, -0.2) is 0 Å². The van der Waals surface area contributed by atoms with E-state index >= 15 is 0 Å². The largest absolute Gasteiger partial charge is 0.490 e. The summed E-state index contributed by atoms with van der Waals surface area (Å²) in [6.07, 6.45) is 1.06. The first-order valence-corrected chi connectivity index (χ1v) is 10.6. The summed E-state index contributed by atoms with van der Waals surface area (Å²) in [6, 6.07) is 11.4. The van der Waals surface area contributed by atoms with Gasteiger partial charge in [-0.05, 0) is 62.6 Å². The number of amides is 2. The number of hydrogen-bond donors (Lipinski definition) is 1. The normalized spacial score (nSPS) is 12.8. The molecule has 1 aliphatic heterocycles. The highest BCUT2D eigenvalue weighted by Crippen LogP contribution is 2.34. The second-order valence-corrected chi connectivity index (χ2v) is 7.37. The van der Waals surface area contributed by atoms with Gasteiger partial charge in [-0.3, -0.25) is 9.59 Å². The molecule has 0 atom stereocenters. The standard InChI is InChI=1S/C24H30N2O4/c1-4-29-21-14-18-10-12-26(16-20(18)15-22(21)30-5-2)23(27)9-11-25-24(28)19-8-6-7-17(3)13-19/h6-8,13-15H,4-5,9-12,16H2,1-3H3,(H,25,28). The van der Waals surface area contributed by atoms with E-state index in [1.165, 1.54) is 5.56 Å². The third kappa shape index (κ3) is 5.32. The van der Waals surface area contributed by atoms with Crippen LogP contribution in [-0.2, 0) is 17.8 Å². The molecule has 0 bridgehead atoms. The molecule has 0 aromatic heterocycles. The zero-order valence-electron chi connectivity index (χ0n) is 18.0. The Bertz CT molecular complexity index is 910. The highest BCUT2D eigenvalue weighted by molar-refractivity contribution is 5.94. The molecular formula is C24H30N2O4. The molecule has 1 N–H and O–H groups in total. The lowest BCUT2D eigenvalue weighted by Crippen LogP contribution is -2.38. The van der Waals surface area contributed by atoms with Gasteiger partial charge in [-0.15, -0.1) is 0 Å². The quantitative estimate of drug-likeness (QED) is 0.723. The van der Waals surface area contributed by atoms with E-state index in [0.29, 0.717) is 38.4 Å². The molecule has 3 rings (SSSR count). The van der Waals surface area contributed by atoms with E-state index in [-0.39, 0.29) is 18.2 Å². The van der Waals surface area contributed by atoms with Crippen molar-refractivity contribution in [2.45, 2.75) is 40.2 Å². The van der Waals surface area contributed by atoms with Gasteiger partial charge in [-0.1, -0.05) is 17.7 Å². The fourth-order valence-corrected chi connectivity index (χ4v) is 3.64. The van der Waals surface area contributed by atoms with Crippen molar-refractivity contribution in [2.24, 2.45) is 0 Å². The van der Waals surface area contributed by atoms with E-state index in [0.717, 1.165) is 29.0 Å². The third-order valence-electron chi connectivity index (χ3n) is 5.14. The van der Waals surface area contributed by atoms with Crippen LogP contribution in [0.4, 0.5) is 0 Å². The molecule has 1 heterocycles. The van der Waals surface area contributed by atoms with Gasteiger partial charge in [0.2, 0.25) is 5.91 Å². The van der Waals surface area contributed by atoms with Crippen LogP contribution in [0.1, 0.15) is 47.3 Å².